The Morgan fingerprint density at radius 1 is 0.905 bits per heavy atom. The van der Waals surface area contributed by atoms with Crippen molar-refractivity contribution in [2.24, 2.45) is 0 Å². The Morgan fingerprint density at radius 3 is 2.48 bits per heavy atom. The minimum atomic E-state index is 0.597. The van der Waals surface area contributed by atoms with Gasteiger partial charge in [-0.2, -0.15) is 0 Å². The maximum absolute atomic E-state index is 5.99. The van der Waals surface area contributed by atoms with E-state index in [0.29, 0.717) is 18.2 Å². The molecular formula is C17H16N4. The van der Waals surface area contributed by atoms with Gasteiger partial charge < -0.3 is 11.1 Å². The van der Waals surface area contributed by atoms with Crippen LogP contribution in [0.5, 0.6) is 0 Å². The molecule has 0 aliphatic rings. The lowest BCUT2D eigenvalue weighted by molar-refractivity contribution is 1.06. The first-order valence-electron chi connectivity index (χ1n) is 6.78. The van der Waals surface area contributed by atoms with Gasteiger partial charge in [-0.3, -0.25) is 0 Å². The van der Waals surface area contributed by atoms with Gasteiger partial charge >= 0.3 is 0 Å². The monoisotopic (exact) mass is 276 g/mol. The first-order chi connectivity index (χ1) is 10.3. The second-order valence-corrected chi connectivity index (χ2v) is 4.69. The topological polar surface area (TPSA) is 63.8 Å². The van der Waals surface area contributed by atoms with Crippen LogP contribution in [0.15, 0.2) is 66.9 Å². The molecule has 4 heteroatoms. The fourth-order valence-electron chi connectivity index (χ4n) is 2.10. The molecule has 0 saturated heterocycles. The van der Waals surface area contributed by atoms with E-state index in [1.807, 2.05) is 48.5 Å². The minimum absolute atomic E-state index is 0.597. The Hall–Kier alpha value is -2.88. The zero-order valence-electron chi connectivity index (χ0n) is 11.5. The molecule has 0 unspecified atom stereocenters. The largest absolute Gasteiger partial charge is 0.398 e. The number of hydrogen-bond donors (Lipinski definition) is 2. The maximum Gasteiger partial charge on any atom is 0.223 e. The van der Waals surface area contributed by atoms with Gasteiger partial charge in [0.15, 0.2) is 0 Å². The van der Waals surface area contributed by atoms with E-state index in [1.54, 1.807) is 6.20 Å². The summed E-state index contributed by atoms with van der Waals surface area (Å²) in [5.74, 6) is 0.597. The van der Waals surface area contributed by atoms with Gasteiger partial charge in [-0.05, 0) is 17.7 Å². The Balaban J connectivity index is 1.79. The zero-order valence-corrected chi connectivity index (χ0v) is 11.5. The number of nitrogen functional groups attached to an aromatic ring is 1. The molecule has 3 rings (SSSR count). The molecule has 21 heavy (non-hydrogen) atoms. The number of anilines is 2. The Bertz CT molecular complexity index is 726. The van der Waals surface area contributed by atoms with Crippen molar-refractivity contribution in [2.75, 3.05) is 11.1 Å². The van der Waals surface area contributed by atoms with Crippen molar-refractivity contribution in [3.05, 3.63) is 72.4 Å². The van der Waals surface area contributed by atoms with Gasteiger partial charge in [0.1, 0.15) is 0 Å². The molecular weight excluding hydrogens is 260 g/mol. The number of benzene rings is 2. The summed E-state index contributed by atoms with van der Waals surface area (Å²) in [6.07, 6.45) is 1.74. The summed E-state index contributed by atoms with van der Waals surface area (Å²) in [6, 6.07) is 19.7. The molecule has 0 bridgehead atoms. The second-order valence-electron chi connectivity index (χ2n) is 4.69. The van der Waals surface area contributed by atoms with Crippen molar-refractivity contribution in [2.45, 2.75) is 6.54 Å². The van der Waals surface area contributed by atoms with Gasteiger partial charge in [0.05, 0.1) is 5.69 Å². The zero-order chi connectivity index (χ0) is 14.5. The van der Waals surface area contributed by atoms with Gasteiger partial charge in [0.25, 0.3) is 0 Å². The quantitative estimate of drug-likeness (QED) is 0.717. The first kappa shape index (κ1) is 13.1. The minimum Gasteiger partial charge on any atom is -0.398 e. The smallest absolute Gasteiger partial charge is 0.223 e. The molecule has 3 N–H and O–H groups in total. The summed E-state index contributed by atoms with van der Waals surface area (Å²) in [5, 5.41) is 3.23. The fraction of sp³-hybridized carbons (Fsp3) is 0.0588. The SMILES string of the molecule is Nc1ccccc1-c1ccnc(NCc2ccccc2)n1. The molecule has 0 saturated carbocycles. The first-order valence-corrected chi connectivity index (χ1v) is 6.78. The predicted molar refractivity (Wildman–Crippen MR) is 85.6 cm³/mol. The van der Waals surface area contributed by atoms with E-state index in [-0.39, 0.29) is 0 Å². The van der Waals surface area contributed by atoms with E-state index in [1.165, 1.54) is 5.56 Å². The van der Waals surface area contributed by atoms with Crippen molar-refractivity contribution in [1.82, 2.24) is 9.97 Å². The van der Waals surface area contributed by atoms with Crippen molar-refractivity contribution in [1.29, 1.82) is 0 Å². The van der Waals surface area contributed by atoms with Gasteiger partial charge in [-0.15, -0.1) is 0 Å². The molecule has 0 radical (unpaired) electrons. The third-order valence-corrected chi connectivity index (χ3v) is 3.19. The number of para-hydroxylation sites is 1. The second kappa shape index (κ2) is 6.05. The standard InChI is InChI=1S/C17H16N4/c18-15-9-5-4-8-14(15)16-10-11-19-17(21-16)20-12-13-6-2-1-3-7-13/h1-11H,12,18H2,(H,19,20,21). The highest BCUT2D eigenvalue weighted by atomic mass is 15.1. The van der Waals surface area contributed by atoms with Crippen LogP contribution in [0.2, 0.25) is 0 Å². The number of rotatable bonds is 4. The van der Waals surface area contributed by atoms with Crippen LogP contribution in [0.25, 0.3) is 11.3 Å². The fourth-order valence-corrected chi connectivity index (χ4v) is 2.10. The lowest BCUT2D eigenvalue weighted by Crippen LogP contribution is -2.04. The van der Waals surface area contributed by atoms with E-state index in [0.717, 1.165) is 11.3 Å². The summed E-state index contributed by atoms with van der Waals surface area (Å²) in [5.41, 5.74) is 9.62. The average Bonchev–Trinajstić information content (AvgIpc) is 2.55. The van der Waals surface area contributed by atoms with Gasteiger partial charge in [0.2, 0.25) is 5.95 Å². The van der Waals surface area contributed by atoms with Crippen molar-refractivity contribution in [3.8, 4) is 11.3 Å². The highest BCUT2D eigenvalue weighted by Crippen LogP contribution is 2.23. The van der Waals surface area contributed by atoms with E-state index in [9.17, 15) is 0 Å². The highest BCUT2D eigenvalue weighted by molar-refractivity contribution is 5.73. The maximum atomic E-state index is 5.99. The Kier molecular flexibility index (Phi) is 3.78. The van der Waals surface area contributed by atoms with Crippen LogP contribution < -0.4 is 11.1 Å². The van der Waals surface area contributed by atoms with Gasteiger partial charge in [0, 0.05) is 24.0 Å². The van der Waals surface area contributed by atoms with E-state index in [4.69, 9.17) is 5.73 Å². The van der Waals surface area contributed by atoms with E-state index >= 15 is 0 Å². The summed E-state index contributed by atoms with van der Waals surface area (Å²) in [4.78, 5) is 8.76. The van der Waals surface area contributed by atoms with Gasteiger partial charge in [-0.1, -0.05) is 48.5 Å². The Morgan fingerprint density at radius 2 is 1.67 bits per heavy atom. The third-order valence-electron chi connectivity index (χ3n) is 3.19. The number of nitrogens with zero attached hydrogens (tertiary/aromatic N) is 2. The predicted octanol–water partition coefficient (Wildman–Crippen LogP) is 3.34. The number of nitrogens with one attached hydrogen (secondary N) is 1. The molecule has 3 aromatic rings. The molecule has 4 nitrogen and oxygen atoms in total. The lowest BCUT2D eigenvalue weighted by Gasteiger charge is -2.08. The summed E-state index contributed by atoms with van der Waals surface area (Å²) in [7, 11) is 0. The summed E-state index contributed by atoms with van der Waals surface area (Å²) in [6.45, 7) is 0.689. The molecule has 0 aliphatic heterocycles. The average molecular weight is 276 g/mol. The van der Waals surface area contributed by atoms with Crippen molar-refractivity contribution >= 4 is 11.6 Å². The lowest BCUT2D eigenvalue weighted by atomic mass is 10.1. The molecule has 104 valence electrons. The van der Waals surface area contributed by atoms with E-state index in [2.05, 4.69) is 27.4 Å². The number of aromatic nitrogens is 2. The third kappa shape index (κ3) is 3.17. The normalized spacial score (nSPS) is 10.3. The highest BCUT2D eigenvalue weighted by Gasteiger charge is 2.05. The molecule has 1 aromatic heterocycles. The molecule has 0 amide bonds. The van der Waals surface area contributed by atoms with Crippen LogP contribution >= 0.6 is 0 Å². The van der Waals surface area contributed by atoms with Gasteiger partial charge in [-0.25, -0.2) is 9.97 Å². The van der Waals surface area contributed by atoms with Crippen LogP contribution in [-0.4, -0.2) is 9.97 Å². The van der Waals surface area contributed by atoms with Crippen LogP contribution in [0.4, 0.5) is 11.6 Å². The Labute approximate surface area is 123 Å². The molecule has 0 aliphatic carbocycles. The van der Waals surface area contributed by atoms with Crippen LogP contribution in [0.3, 0.4) is 0 Å². The number of hydrogen-bond acceptors (Lipinski definition) is 4. The number of nitrogens with two attached hydrogens (primary N) is 1. The van der Waals surface area contributed by atoms with Crippen molar-refractivity contribution < 1.29 is 0 Å². The summed E-state index contributed by atoms with van der Waals surface area (Å²) >= 11 is 0. The molecule has 0 spiro atoms. The van der Waals surface area contributed by atoms with Crippen molar-refractivity contribution in [3.63, 3.8) is 0 Å². The molecule has 1 heterocycles. The summed E-state index contributed by atoms with van der Waals surface area (Å²) < 4.78 is 0. The molecule has 0 fully saturated rings. The van der Waals surface area contributed by atoms with E-state index < -0.39 is 0 Å². The molecule has 0 atom stereocenters. The van der Waals surface area contributed by atoms with Crippen LogP contribution in [-0.2, 0) is 6.54 Å². The molecule has 2 aromatic carbocycles. The van der Waals surface area contributed by atoms with Crippen LogP contribution in [0, 0.1) is 0 Å². The van der Waals surface area contributed by atoms with Crippen LogP contribution in [0.1, 0.15) is 5.56 Å².